The number of aryl methyl sites for hydroxylation is 1. The van der Waals surface area contributed by atoms with Gasteiger partial charge in [-0.25, -0.2) is 0 Å². The number of hydrogen-bond acceptors (Lipinski definition) is 3. The van der Waals surface area contributed by atoms with Gasteiger partial charge in [-0.15, -0.1) is 11.8 Å². The molecule has 0 aliphatic heterocycles. The van der Waals surface area contributed by atoms with Gasteiger partial charge in [0.05, 0.1) is 5.75 Å². The molecule has 0 aliphatic rings. The maximum atomic E-state index is 12.0. The van der Waals surface area contributed by atoms with Crippen molar-refractivity contribution in [3.63, 3.8) is 0 Å². The lowest BCUT2D eigenvalue weighted by atomic mass is 10.1. The van der Waals surface area contributed by atoms with Crippen molar-refractivity contribution < 1.29 is 4.79 Å². The monoisotopic (exact) mass is 280 g/mol. The molecule has 0 radical (unpaired) electrons. The lowest BCUT2D eigenvalue weighted by molar-refractivity contribution is -0.127. The number of benzene rings is 1. The highest BCUT2D eigenvalue weighted by atomic mass is 32.2. The Hall–Kier alpha value is -1.000. The van der Waals surface area contributed by atoms with Gasteiger partial charge in [0, 0.05) is 18.8 Å². The molecule has 0 aromatic heterocycles. The van der Waals surface area contributed by atoms with Gasteiger partial charge < -0.3 is 10.6 Å². The molecule has 4 heteroatoms. The smallest absolute Gasteiger partial charge is 0.232 e. The van der Waals surface area contributed by atoms with Crippen molar-refractivity contribution in [3.8, 4) is 0 Å². The SMILES string of the molecule is Cc1ccccc1CN(C)C(=O)CSC(C)CCN. The van der Waals surface area contributed by atoms with Gasteiger partial charge in [-0.3, -0.25) is 4.79 Å². The second-order valence-electron chi connectivity index (χ2n) is 4.88. The minimum Gasteiger partial charge on any atom is -0.341 e. The molecule has 19 heavy (non-hydrogen) atoms. The zero-order chi connectivity index (χ0) is 14.3. The minimum absolute atomic E-state index is 0.178. The number of thioether (sulfide) groups is 1. The van der Waals surface area contributed by atoms with E-state index in [0.29, 0.717) is 24.1 Å². The van der Waals surface area contributed by atoms with E-state index in [-0.39, 0.29) is 5.91 Å². The summed E-state index contributed by atoms with van der Waals surface area (Å²) in [5, 5.41) is 0.445. The summed E-state index contributed by atoms with van der Waals surface area (Å²) in [4.78, 5) is 13.8. The van der Waals surface area contributed by atoms with Crippen molar-refractivity contribution in [2.24, 2.45) is 5.73 Å². The Morgan fingerprint density at radius 2 is 2.11 bits per heavy atom. The first-order valence-corrected chi connectivity index (χ1v) is 7.69. The Kier molecular flexibility index (Phi) is 6.95. The predicted molar refractivity (Wildman–Crippen MR) is 83.2 cm³/mol. The first-order valence-electron chi connectivity index (χ1n) is 6.64. The molecule has 0 fully saturated rings. The Balaban J connectivity index is 2.43. The lowest BCUT2D eigenvalue weighted by Crippen LogP contribution is -2.28. The van der Waals surface area contributed by atoms with E-state index in [1.807, 2.05) is 19.2 Å². The van der Waals surface area contributed by atoms with Crippen LogP contribution >= 0.6 is 11.8 Å². The van der Waals surface area contributed by atoms with E-state index in [1.165, 1.54) is 11.1 Å². The fraction of sp³-hybridized carbons (Fsp3) is 0.533. The summed E-state index contributed by atoms with van der Waals surface area (Å²) < 4.78 is 0. The van der Waals surface area contributed by atoms with Gasteiger partial charge in [0.1, 0.15) is 0 Å². The Labute approximate surface area is 120 Å². The van der Waals surface area contributed by atoms with Crippen molar-refractivity contribution in [1.82, 2.24) is 4.90 Å². The van der Waals surface area contributed by atoms with E-state index < -0.39 is 0 Å². The van der Waals surface area contributed by atoms with Gasteiger partial charge in [-0.1, -0.05) is 31.2 Å². The van der Waals surface area contributed by atoms with Crippen molar-refractivity contribution in [2.45, 2.75) is 32.1 Å². The molecule has 2 N–H and O–H groups in total. The van der Waals surface area contributed by atoms with E-state index in [2.05, 4.69) is 26.0 Å². The van der Waals surface area contributed by atoms with E-state index in [1.54, 1.807) is 16.7 Å². The van der Waals surface area contributed by atoms with Crippen molar-refractivity contribution in [3.05, 3.63) is 35.4 Å². The maximum Gasteiger partial charge on any atom is 0.232 e. The van der Waals surface area contributed by atoms with Gasteiger partial charge in [-0.2, -0.15) is 0 Å². The average molecular weight is 280 g/mol. The molecule has 0 aliphatic carbocycles. The zero-order valence-corrected chi connectivity index (χ0v) is 12.9. The van der Waals surface area contributed by atoms with Gasteiger partial charge >= 0.3 is 0 Å². The fourth-order valence-electron chi connectivity index (χ4n) is 1.77. The molecule has 0 saturated carbocycles. The molecule has 1 unspecified atom stereocenters. The number of rotatable bonds is 7. The Bertz CT molecular complexity index is 409. The van der Waals surface area contributed by atoms with Gasteiger partial charge in [0.2, 0.25) is 5.91 Å². The molecular formula is C15H24N2OS. The quantitative estimate of drug-likeness (QED) is 0.834. The zero-order valence-electron chi connectivity index (χ0n) is 12.1. The number of hydrogen-bond donors (Lipinski definition) is 1. The second-order valence-corrected chi connectivity index (χ2v) is 6.30. The molecule has 1 aromatic rings. The van der Waals surface area contributed by atoms with Crippen LogP contribution in [-0.2, 0) is 11.3 Å². The summed E-state index contributed by atoms with van der Waals surface area (Å²) in [6, 6.07) is 8.18. The molecule has 0 bridgehead atoms. The fourth-order valence-corrected chi connectivity index (χ4v) is 2.72. The highest BCUT2D eigenvalue weighted by Gasteiger charge is 2.12. The molecule has 106 valence electrons. The summed E-state index contributed by atoms with van der Waals surface area (Å²) in [5.74, 6) is 0.709. The van der Waals surface area contributed by atoms with Crippen LogP contribution in [0.15, 0.2) is 24.3 Å². The van der Waals surface area contributed by atoms with Crippen LogP contribution in [0.4, 0.5) is 0 Å². The molecule has 0 heterocycles. The molecule has 1 rings (SSSR count). The van der Waals surface area contributed by atoms with Gasteiger partial charge in [0.25, 0.3) is 0 Å². The highest BCUT2D eigenvalue weighted by Crippen LogP contribution is 2.15. The van der Waals surface area contributed by atoms with Crippen LogP contribution < -0.4 is 5.73 Å². The topological polar surface area (TPSA) is 46.3 Å². The predicted octanol–water partition coefficient (Wildman–Crippen LogP) is 2.42. The Morgan fingerprint density at radius 1 is 1.42 bits per heavy atom. The lowest BCUT2D eigenvalue weighted by Gasteiger charge is -2.19. The van der Waals surface area contributed by atoms with Crippen LogP contribution in [0, 0.1) is 6.92 Å². The third-order valence-corrected chi connectivity index (χ3v) is 4.38. The van der Waals surface area contributed by atoms with E-state index in [9.17, 15) is 4.79 Å². The van der Waals surface area contributed by atoms with Crippen LogP contribution in [0.2, 0.25) is 0 Å². The van der Waals surface area contributed by atoms with Crippen LogP contribution in [0.1, 0.15) is 24.5 Å². The molecule has 1 amide bonds. The summed E-state index contributed by atoms with van der Waals surface area (Å²) >= 11 is 1.68. The maximum absolute atomic E-state index is 12.0. The van der Waals surface area contributed by atoms with Crippen LogP contribution in [0.5, 0.6) is 0 Å². The van der Waals surface area contributed by atoms with E-state index in [4.69, 9.17) is 5.73 Å². The van der Waals surface area contributed by atoms with Crippen LogP contribution in [0.25, 0.3) is 0 Å². The number of amides is 1. The second kappa shape index (κ2) is 8.23. The molecule has 1 aromatic carbocycles. The standard InChI is InChI=1S/C15H24N2OS/c1-12-6-4-5-7-14(12)10-17(3)15(18)11-19-13(2)8-9-16/h4-7,13H,8-11,16H2,1-3H3. The highest BCUT2D eigenvalue weighted by molar-refractivity contribution is 8.00. The number of nitrogens with two attached hydrogens (primary N) is 1. The summed E-state index contributed by atoms with van der Waals surface area (Å²) in [5.41, 5.74) is 7.94. The first kappa shape index (κ1) is 16.1. The number of carbonyl (C=O) groups excluding carboxylic acids is 1. The van der Waals surface area contributed by atoms with Crippen molar-refractivity contribution >= 4 is 17.7 Å². The van der Waals surface area contributed by atoms with E-state index >= 15 is 0 Å². The molecule has 3 nitrogen and oxygen atoms in total. The number of nitrogens with zero attached hydrogens (tertiary/aromatic N) is 1. The van der Waals surface area contributed by atoms with Crippen molar-refractivity contribution in [2.75, 3.05) is 19.3 Å². The summed E-state index contributed by atoms with van der Waals surface area (Å²) in [7, 11) is 1.86. The van der Waals surface area contributed by atoms with E-state index in [0.717, 1.165) is 6.42 Å². The van der Waals surface area contributed by atoms with Crippen molar-refractivity contribution in [1.29, 1.82) is 0 Å². The van der Waals surface area contributed by atoms with Gasteiger partial charge in [0.15, 0.2) is 0 Å². The molecule has 0 saturated heterocycles. The molecular weight excluding hydrogens is 256 g/mol. The summed E-state index contributed by atoms with van der Waals surface area (Å²) in [6.07, 6.45) is 0.958. The first-order chi connectivity index (χ1) is 9.04. The third kappa shape index (κ3) is 5.66. The Morgan fingerprint density at radius 3 is 2.74 bits per heavy atom. The number of carbonyl (C=O) groups is 1. The van der Waals surface area contributed by atoms with Crippen LogP contribution in [-0.4, -0.2) is 35.4 Å². The average Bonchev–Trinajstić information content (AvgIpc) is 2.39. The summed E-state index contributed by atoms with van der Waals surface area (Å²) in [6.45, 7) is 5.55. The normalized spacial score (nSPS) is 12.2. The van der Waals surface area contributed by atoms with Gasteiger partial charge in [-0.05, 0) is 31.0 Å². The van der Waals surface area contributed by atoms with Crippen LogP contribution in [0.3, 0.4) is 0 Å². The third-order valence-electron chi connectivity index (χ3n) is 3.16. The largest absolute Gasteiger partial charge is 0.341 e. The minimum atomic E-state index is 0.178. The molecule has 1 atom stereocenters. The molecule has 0 spiro atoms.